The van der Waals surface area contributed by atoms with Crippen molar-refractivity contribution in [3.05, 3.63) is 33.8 Å². The van der Waals surface area contributed by atoms with Crippen LogP contribution < -0.4 is 0 Å². The summed E-state index contributed by atoms with van der Waals surface area (Å²) in [5.74, 6) is -0.543. The van der Waals surface area contributed by atoms with Crippen LogP contribution in [0.2, 0.25) is 5.02 Å². The molecule has 14 heavy (non-hydrogen) atoms. The molecule has 1 aromatic rings. The lowest BCUT2D eigenvalue weighted by molar-refractivity contribution is 0.0601. The van der Waals surface area contributed by atoms with Crippen molar-refractivity contribution in [3.8, 4) is 0 Å². The van der Waals surface area contributed by atoms with Crippen LogP contribution in [0.15, 0.2) is 12.1 Å². The lowest BCUT2D eigenvalue weighted by atomic mass is 10.1. The van der Waals surface area contributed by atoms with Gasteiger partial charge < -0.3 is 4.74 Å². The minimum atomic E-state index is -0.543. The minimum absolute atomic E-state index is 0.210. The van der Waals surface area contributed by atoms with Gasteiger partial charge in [-0.3, -0.25) is 4.79 Å². The molecule has 0 aromatic heterocycles. The maximum atomic E-state index is 11.2. The molecule has 0 N–H and O–H groups in total. The molecule has 1 rings (SSSR count). The maximum Gasteiger partial charge on any atom is 0.339 e. The van der Waals surface area contributed by atoms with Gasteiger partial charge in [0.05, 0.1) is 17.7 Å². The number of aryl methyl sites for hydroxylation is 1. The van der Waals surface area contributed by atoms with E-state index in [9.17, 15) is 9.59 Å². The second-order valence-electron chi connectivity index (χ2n) is 2.80. The molecule has 74 valence electrons. The van der Waals surface area contributed by atoms with E-state index in [0.29, 0.717) is 16.9 Å². The zero-order valence-electron chi connectivity index (χ0n) is 7.83. The number of aldehydes is 1. The van der Waals surface area contributed by atoms with Crippen molar-refractivity contribution < 1.29 is 14.3 Å². The first-order chi connectivity index (χ1) is 6.60. The van der Waals surface area contributed by atoms with Crippen molar-refractivity contribution in [1.29, 1.82) is 0 Å². The largest absolute Gasteiger partial charge is 0.465 e. The molecule has 0 heterocycles. The van der Waals surface area contributed by atoms with Crippen LogP contribution in [0.25, 0.3) is 0 Å². The molecular weight excluding hydrogens is 204 g/mol. The van der Waals surface area contributed by atoms with Crippen molar-refractivity contribution >= 4 is 23.9 Å². The third-order valence-electron chi connectivity index (χ3n) is 1.89. The molecule has 0 fully saturated rings. The zero-order valence-corrected chi connectivity index (χ0v) is 8.59. The van der Waals surface area contributed by atoms with Gasteiger partial charge in [-0.1, -0.05) is 11.6 Å². The topological polar surface area (TPSA) is 43.4 Å². The van der Waals surface area contributed by atoms with E-state index in [2.05, 4.69) is 4.74 Å². The first-order valence-corrected chi connectivity index (χ1v) is 4.31. The van der Waals surface area contributed by atoms with Gasteiger partial charge >= 0.3 is 5.97 Å². The van der Waals surface area contributed by atoms with Crippen molar-refractivity contribution in [1.82, 2.24) is 0 Å². The highest BCUT2D eigenvalue weighted by Gasteiger charge is 2.12. The summed E-state index contributed by atoms with van der Waals surface area (Å²) >= 11 is 5.82. The third kappa shape index (κ3) is 1.93. The highest BCUT2D eigenvalue weighted by molar-refractivity contribution is 6.33. The molecule has 0 aliphatic heterocycles. The summed E-state index contributed by atoms with van der Waals surface area (Å²) in [6.07, 6.45) is 0.679. The monoisotopic (exact) mass is 212 g/mol. The lowest BCUT2D eigenvalue weighted by Crippen LogP contribution is -2.04. The van der Waals surface area contributed by atoms with Crippen LogP contribution in [-0.4, -0.2) is 19.4 Å². The third-order valence-corrected chi connectivity index (χ3v) is 2.20. The predicted octanol–water partition coefficient (Wildman–Crippen LogP) is 2.25. The fourth-order valence-corrected chi connectivity index (χ4v) is 1.38. The fourth-order valence-electron chi connectivity index (χ4n) is 1.08. The molecule has 0 spiro atoms. The molecule has 0 bridgehead atoms. The summed E-state index contributed by atoms with van der Waals surface area (Å²) in [6, 6.07) is 2.99. The number of esters is 1. The fraction of sp³-hybridized carbons (Fsp3) is 0.200. The van der Waals surface area contributed by atoms with Crippen LogP contribution in [0.1, 0.15) is 26.3 Å². The van der Waals surface area contributed by atoms with Crippen LogP contribution in [0.4, 0.5) is 0 Å². The summed E-state index contributed by atoms with van der Waals surface area (Å²) < 4.78 is 4.52. The predicted molar refractivity (Wildman–Crippen MR) is 52.9 cm³/mol. The van der Waals surface area contributed by atoms with Crippen LogP contribution in [0.5, 0.6) is 0 Å². The Kier molecular flexibility index (Phi) is 3.25. The van der Waals surface area contributed by atoms with E-state index in [1.807, 2.05) is 0 Å². The maximum absolute atomic E-state index is 11.2. The lowest BCUT2D eigenvalue weighted by Gasteiger charge is -2.05. The van der Waals surface area contributed by atoms with Gasteiger partial charge in [0.1, 0.15) is 6.29 Å². The second-order valence-corrected chi connectivity index (χ2v) is 3.21. The molecule has 0 unspecified atom stereocenters. The number of halogens is 1. The Morgan fingerprint density at radius 2 is 2.14 bits per heavy atom. The Morgan fingerprint density at radius 3 is 2.64 bits per heavy atom. The van der Waals surface area contributed by atoms with Crippen molar-refractivity contribution in [2.24, 2.45) is 0 Å². The SMILES string of the molecule is COC(=O)c1cc(C=O)c(C)cc1Cl. The van der Waals surface area contributed by atoms with Gasteiger partial charge in [-0.25, -0.2) is 4.79 Å². The van der Waals surface area contributed by atoms with Gasteiger partial charge in [0.2, 0.25) is 0 Å². The summed E-state index contributed by atoms with van der Waals surface area (Å²) in [7, 11) is 1.26. The molecule has 0 aliphatic carbocycles. The molecule has 1 aromatic carbocycles. The highest BCUT2D eigenvalue weighted by atomic mass is 35.5. The Labute approximate surface area is 86.6 Å². The first-order valence-electron chi connectivity index (χ1n) is 3.93. The number of benzene rings is 1. The van der Waals surface area contributed by atoms with Gasteiger partial charge in [0, 0.05) is 5.56 Å². The highest BCUT2D eigenvalue weighted by Crippen LogP contribution is 2.21. The Hall–Kier alpha value is -1.35. The molecule has 0 amide bonds. The molecule has 0 saturated heterocycles. The average Bonchev–Trinajstić information content (AvgIpc) is 2.17. The number of methoxy groups -OCH3 is 1. The number of hydrogen-bond acceptors (Lipinski definition) is 3. The summed E-state index contributed by atoms with van der Waals surface area (Å²) in [5, 5.41) is 0.292. The van der Waals surface area contributed by atoms with Gasteiger partial charge in [-0.05, 0) is 24.6 Å². The number of carbonyl (C=O) groups is 2. The summed E-state index contributed by atoms with van der Waals surface area (Å²) in [4.78, 5) is 21.8. The van der Waals surface area contributed by atoms with Gasteiger partial charge in [-0.15, -0.1) is 0 Å². The molecule has 0 radical (unpaired) electrons. The number of hydrogen-bond donors (Lipinski definition) is 0. The Balaban J connectivity index is 3.30. The van der Waals surface area contributed by atoms with Gasteiger partial charge in [0.25, 0.3) is 0 Å². The van der Waals surface area contributed by atoms with Gasteiger partial charge in [0.15, 0.2) is 0 Å². The molecule has 4 heteroatoms. The molecule has 0 saturated carbocycles. The molecule has 0 atom stereocenters. The van der Waals surface area contributed by atoms with Crippen molar-refractivity contribution in [2.75, 3.05) is 7.11 Å². The average molecular weight is 213 g/mol. The number of carbonyl (C=O) groups excluding carboxylic acids is 2. The smallest absolute Gasteiger partial charge is 0.339 e. The number of rotatable bonds is 2. The van der Waals surface area contributed by atoms with E-state index in [4.69, 9.17) is 11.6 Å². The quantitative estimate of drug-likeness (QED) is 0.558. The Morgan fingerprint density at radius 1 is 1.50 bits per heavy atom. The van der Waals surface area contributed by atoms with Gasteiger partial charge in [-0.2, -0.15) is 0 Å². The van der Waals surface area contributed by atoms with Crippen LogP contribution in [0, 0.1) is 6.92 Å². The van der Waals surface area contributed by atoms with E-state index in [-0.39, 0.29) is 5.56 Å². The van der Waals surface area contributed by atoms with Crippen LogP contribution in [0.3, 0.4) is 0 Å². The van der Waals surface area contributed by atoms with E-state index in [1.54, 1.807) is 13.0 Å². The van der Waals surface area contributed by atoms with E-state index < -0.39 is 5.97 Å². The van der Waals surface area contributed by atoms with Crippen molar-refractivity contribution in [2.45, 2.75) is 6.92 Å². The van der Waals surface area contributed by atoms with E-state index in [0.717, 1.165) is 5.56 Å². The summed E-state index contributed by atoms with van der Waals surface area (Å²) in [6.45, 7) is 1.75. The van der Waals surface area contributed by atoms with Crippen molar-refractivity contribution in [3.63, 3.8) is 0 Å². The van der Waals surface area contributed by atoms with E-state index >= 15 is 0 Å². The second kappa shape index (κ2) is 4.24. The molecular formula is C10H9ClO3. The normalized spacial score (nSPS) is 9.64. The van der Waals surface area contributed by atoms with E-state index in [1.165, 1.54) is 13.2 Å². The molecule has 0 aliphatic rings. The summed E-state index contributed by atoms with van der Waals surface area (Å²) in [5.41, 5.74) is 1.38. The standard InChI is InChI=1S/C10H9ClO3/c1-6-3-9(11)8(10(13)14-2)4-7(6)5-12/h3-5H,1-2H3. The van der Waals surface area contributed by atoms with Crippen LogP contribution in [-0.2, 0) is 4.74 Å². The minimum Gasteiger partial charge on any atom is -0.465 e. The first kappa shape index (κ1) is 10.7. The zero-order chi connectivity index (χ0) is 10.7. The Bertz CT molecular complexity index is 385. The number of ether oxygens (including phenoxy) is 1. The van der Waals surface area contributed by atoms with Crippen LogP contribution >= 0.6 is 11.6 Å². The molecule has 3 nitrogen and oxygen atoms in total.